The van der Waals surface area contributed by atoms with E-state index in [2.05, 4.69) is 20.5 Å². The molecule has 2 aromatic heterocycles. The molecule has 17 heavy (non-hydrogen) atoms. The van der Waals surface area contributed by atoms with Gasteiger partial charge in [0.25, 0.3) is 0 Å². The van der Waals surface area contributed by atoms with Gasteiger partial charge in [-0.25, -0.2) is 9.67 Å². The number of anilines is 1. The van der Waals surface area contributed by atoms with Crippen LogP contribution >= 0.6 is 11.8 Å². The first kappa shape index (κ1) is 10.5. The van der Waals surface area contributed by atoms with Gasteiger partial charge in [-0.15, -0.1) is 5.10 Å². The van der Waals surface area contributed by atoms with Crippen LogP contribution in [0.2, 0.25) is 0 Å². The first-order valence-electron chi connectivity index (χ1n) is 5.44. The zero-order valence-corrected chi connectivity index (χ0v) is 9.97. The average molecular weight is 248 g/mol. The number of pyridine rings is 1. The van der Waals surface area contributed by atoms with Crippen LogP contribution in [0, 0.1) is 0 Å². The topological polar surface area (TPSA) is 82.5 Å². The maximum atomic E-state index is 5.58. The largest absolute Gasteiger partial charge is 0.397 e. The molecule has 3 rings (SSSR count). The van der Waals surface area contributed by atoms with Crippen molar-refractivity contribution < 1.29 is 0 Å². The molecule has 88 valence electrons. The van der Waals surface area contributed by atoms with E-state index >= 15 is 0 Å². The lowest BCUT2D eigenvalue weighted by molar-refractivity contribution is 0.593. The molecular formula is C10H12N6S. The Balaban J connectivity index is 1.67. The van der Waals surface area contributed by atoms with E-state index in [1.165, 1.54) is 12.8 Å². The lowest BCUT2D eigenvalue weighted by Gasteiger charge is -2.02. The quantitative estimate of drug-likeness (QED) is 0.821. The van der Waals surface area contributed by atoms with Gasteiger partial charge in [0, 0.05) is 0 Å². The van der Waals surface area contributed by atoms with Gasteiger partial charge in [-0.3, -0.25) is 0 Å². The summed E-state index contributed by atoms with van der Waals surface area (Å²) in [5.74, 6) is 1.65. The molecule has 0 aromatic carbocycles. The monoisotopic (exact) mass is 248 g/mol. The molecule has 1 saturated carbocycles. The Morgan fingerprint density at radius 2 is 2.29 bits per heavy atom. The molecule has 2 N–H and O–H groups in total. The fourth-order valence-electron chi connectivity index (χ4n) is 1.53. The van der Waals surface area contributed by atoms with Crippen molar-refractivity contribution in [1.82, 2.24) is 25.2 Å². The number of hydrogen-bond donors (Lipinski definition) is 1. The Labute approximate surface area is 103 Å². The molecule has 2 aromatic rings. The summed E-state index contributed by atoms with van der Waals surface area (Å²) in [6.45, 7) is 0. The van der Waals surface area contributed by atoms with Gasteiger partial charge >= 0.3 is 0 Å². The highest BCUT2D eigenvalue weighted by atomic mass is 32.2. The highest BCUT2D eigenvalue weighted by Crippen LogP contribution is 2.35. The SMILES string of the molecule is Nc1ccc(SCc2nnnn2C2CC2)nc1. The third kappa shape index (κ3) is 2.38. The number of rotatable bonds is 4. The van der Waals surface area contributed by atoms with E-state index in [-0.39, 0.29) is 0 Å². The van der Waals surface area contributed by atoms with Crippen LogP contribution < -0.4 is 5.73 Å². The van der Waals surface area contributed by atoms with Crippen molar-refractivity contribution in [3.05, 3.63) is 24.2 Å². The Morgan fingerprint density at radius 1 is 1.41 bits per heavy atom. The standard InChI is InChI=1S/C10H12N6S/c11-7-1-4-10(12-5-7)17-6-9-13-14-15-16(9)8-2-3-8/h1,4-5,8H,2-3,6,11H2. The van der Waals surface area contributed by atoms with Gasteiger partial charge in [0.1, 0.15) is 0 Å². The minimum absolute atomic E-state index is 0.514. The number of aromatic nitrogens is 5. The van der Waals surface area contributed by atoms with E-state index < -0.39 is 0 Å². The predicted molar refractivity (Wildman–Crippen MR) is 64.3 cm³/mol. The first-order chi connectivity index (χ1) is 8.33. The second-order valence-corrected chi connectivity index (χ2v) is 4.98. The normalized spacial score (nSPS) is 15.1. The molecule has 0 radical (unpaired) electrons. The molecule has 1 aliphatic carbocycles. The molecule has 0 spiro atoms. The van der Waals surface area contributed by atoms with Crippen molar-refractivity contribution in [2.45, 2.75) is 29.7 Å². The van der Waals surface area contributed by atoms with Crippen molar-refractivity contribution in [2.75, 3.05) is 5.73 Å². The van der Waals surface area contributed by atoms with Crippen LogP contribution in [0.25, 0.3) is 0 Å². The third-order valence-corrected chi connectivity index (χ3v) is 3.50. The Kier molecular flexibility index (Phi) is 2.68. The molecule has 6 nitrogen and oxygen atoms in total. The van der Waals surface area contributed by atoms with Crippen molar-refractivity contribution in [2.24, 2.45) is 0 Å². The van der Waals surface area contributed by atoms with Gasteiger partial charge in [0.2, 0.25) is 0 Å². The number of nitrogen functional groups attached to an aromatic ring is 1. The Hall–Kier alpha value is -1.63. The third-order valence-electron chi connectivity index (χ3n) is 2.56. The van der Waals surface area contributed by atoms with Crippen LogP contribution in [0.15, 0.2) is 23.4 Å². The van der Waals surface area contributed by atoms with E-state index in [4.69, 9.17) is 5.73 Å². The number of tetrazole rings is 1. The fourth-order valence-corrected chi connectivity index (χ4v) is 2.28. The minimum Gasteiger partial charge on any atom is -0.397 e. The predicted octanol–water partition coefficient (Wildman–Crippen LogP) is 1.28. The number of nitrogens with two attached hydrogens (primary N) is 1. The summed E-state index contributed by atoms with van der Waals surface area (Å²) in [4.78, 5) is 4.23. The molecule has 0 unspecified atom stereocenters. The highest BCUT2D eigenvalue weighted by Gasteiger charge is 2.27. The van der Waals surface area contributed by atoms with Crippen LogP contribution in [0.3, 0.4) is 0 Å². The molecule has 1 fully saturated rings. The van der Waals surface area contributed by atoms with Gasteiger partial charge in [0.15, 0.2) is 5.82 Å². The summed E-state index contributed by atoms with van der Waals surface area (Å²) < 4.78 is 1.92. The fraction of sp³-hybridized carbons (Fsp3) is 0.400. The van der Waals surface area contributed by atoms with Crippen molar-refractivity contribution >= 4 is 17.4 Å². The van der Waals surface area contributed by atoms with E-state index in [1.807, 2.05) is 16.8 Å². The van der Waals surface area contributed by atoms with Gasteiger partial charge in [-0.05, 0) is 35.4 Å². The van der Waals surface area contributed by atoms with Crippen LogP contribution in [0.4, 0.5) is 5.69 Å². The number of nitrogens with zero attached hydrogens (tertiary/aromatic N) is 5. The van der Waals surface area contributed by atoms with Crippen LogP contribution in [0.1, 0.15) is 24.7 Å². The maximum Gasteiger partial charge on any atom is 0.161 e. The average Bonchev–Trinajstić information content (AvgIpc) is 3.08. The summed E-state index contributed by atoms with van der Waals surface area (Å²) in [5.41, 5.74) is 6.26. The summed E-state index contributed by atoms with van der Waals surface area (Å²) in [6.07, 6.45) is 4.03. The van der Waals surface area contributed by atoms with Gasteiger partial charge < -0.3 is 5.73 Å². The summed E-state index contributed by atoms with van der Waals surface area (Å²) in [7, 11) is 0. The smallest absolute Gasteiger partial charge is 0.161 e. The van der Waals surface area contributed by atoms with Crippen molar-refractivity contribution in [1.29, 1.82) is 0 Å². The van der Waals surface area contributed by atoms with Crippen molar-refractivity contribution in [3.8, 4) is 0 Å². The number of hydrogen-bond acceptors (Lipinski definition) is 6. The zero-order chi connectivity index (χ0) is 11.7. The first-order valence-corrected chi connectivity index (χ1v) is 6.42. The molecule has 7 heteroatoms. The van der Waals surface area contributed by atoms with Gasteiger partial charge in [0.05, 0.1) is 28.7 Å². The maximum absolute atomic E-state index is 5.58. The van der Waals surface area contributed by atoms with E-state index in [0.717, 1.165) is 16.6 Å². The Morgan fingerprint density at radius 3 is 3.00 bits per heavy atom. The highest BCUT2D eigenvalue weighted by molar-refractivity contribution is 7.98. The number of thioether (sulfide) groups is 1. The van der Waals surface area contributed by atoms with E-state index in [9.17, 15) is 0 Å². The molecule has 0 atom stereocenters. The Bertz CT molecular complexity index is 504. The van der Waals surface area contributed by atoms with Gasteiger partial charge in [-0.1, -0.05) is 11.8 Å². The molecule has 0 aliphatic heterocycles. The van der Waals surface area contributed by atoms with Gasteiger partial charge in [-0.2, -0.15) is 0 Å². The van der Waals surface area contributed by atoms with Crippen LogP contribution in [0.5, 0.6) is 0 Å². The summed E-state index contributed by atoms with van der Waals surface area (Å²) >= 11 is 1.62. The molecule has 2 heterocycles. The lowest BCUT2D eigenvalue weighted by atomic mass is 10.4. The lowest BCUT2D eigenvalue weighted by Crippen LogP contribution is -2.02. The zero-order valence-electron chi connectivity index (χ0n) is 9.15. The van der Waals surface area contributed by atoms with Crippen molar-refractivity contribution in [3.63, 3.8) is 0 Å². The minimum atomic E-state index is 0.514. The second-order valence-electron chi connectivity index (χ2n) is 3.99. The summed E-state index contributed by atoms with van der Waals surface area (Å²) in [6, 6.07) is 4.27. The molecule has 0 amide bonds. The van der Waals surface area contributed by atoms with E-state index in [0.29, 0.717) is 11.7 Å². The molecule has 1 aliphatic rings. The molecule has 0 saturated heterocycles. The van der Waals surface area contributed by atoms with E-state index in [1.54, 1.807) is 18.0 Å². The second kappa shape index (κ2) is 4.33. The molecule has 0 bridgehead atoms. The molecular weight excluding hydrogens is 236 g/mol. The summed E-state index contributed by atoms with van der Waals surface area (Å²) in [5, 5.41) is 12.7. The van der Waals surface area contributed by atoms with Crippen LogP contribution in [-0.4, -0.2) is 25.2 Å². The van der Waals surface area contributed by atoms with Crippen LogP contribution in [-0.2, 0) is 5.75 Å².